The fraction of sp³-hybridized carbons (Fsp3) is 0.314. The van der Waals surface area contributed by atoms with Crippen molar-refractivity contribution in [1.29, 1.82) is 0 Å². The van der Waals surface area contributed by atoms with Crippen molar-refractivity contribution in [2.75, 3.05) is 6.61 Å². The van der Waals surface area contributed by atoms with E-state index in [4.69, 9.17) is 23.7 Å². The third-order valence-corrected chi connectivity index (χ3v) is 7.71. The Balaban J connectivity index is 1.23. The van der Waals surface area contributed by atoms with Crippen LogP contribution in [-0.2, 0) is 50.1 Å². The van der Waals surface area contributed by atoms with Gasteiger partial charge in [0.2, 0.25) is 0 Å². The van der Waals surface area contributed by atoms with Crippen LogP contribution in [0.2, 0.25) is 0 Å². The summed E-state index contributed by atoms with van der Waals surface area (Å²) in [6.07, 6.45) is -0.286. The zero-order chi connectivity index (χ0) is 27.0. The lowest BCUT2D eigenvalue weighted by atomic mass is 9.96. The molecule has 1 aliphatic heterocycles. The minimum atomic E-state index is -0.572. The fourth-order valence-corrected chi connectivity index (χ4v) is 5.42. The molecule has 2 fully saturated rings. The van der Waals surface area contributed by atoms with Crippen LogP contribution >= 0.6 is 0 Å². The minimum absolute atomic E-state index is 0.0774. The van der Waals surface area contributed by atoms with Gasteiger partial charge in [-0.3, -0.25) is 0 Å². The molecule has 40 heavy (non-hydrogen) atoms. The van der Waals surface area contributed by atoms with E-state index in [1.165, 1.54) is 0 Å². The summed E-state index contributed by atoms with van der Waals surface area (Å²) in [5.74, 6) is 0. The molecule has 0 amide bonds. The average molecular weight is 537 g/mol. The Labute approximate surface area is 236 Å². The van der Waals surface area contributed by atoms with Gasteiger partial charge < -0.3 is 23.7 Å². The van der Waals surface area contributed by atoms with Gasteiger partial charge in [0.05, 0.1) is 39.1 Å². The molecule has 5 atom stereocenters. The first-order valence-electron chi connectivity index (χ1n) is 14.1. The summed E-state index contributed by atoms with van der Waals surface area (Å²) in [6, 6.07) is 40.9. The van der Waals surface area contributed by atoms with Gasteiger partial charge in [0.15, 0.2) is 0 Å². The van der Waals surface area contributed by atoms with Gasteiger partial charge >= 0.3 is 0 Å². The predicted molar refractivity (Wildman–Crippen MR) is 153 cm³/mol. The zero-order valence-corrected chi connectivity index (χ0v) is 22.6. The van der Waals surface area contributed by atoms with Crippen molar-refractivity contribution >= 4 is 0 Å². The average Bonchev–Trinajstić information content (AvgIpc) is 3.72. The van der Waals surface area contributed by atoms with E-state index in [1.807, 2.05) is 72.8 Å². The van der Waals surface area contributed by atoms with Crippen LogP contribution in [0, 0.1) is 0 Å². The monoisotopic (exact) mass is 536 g/mol. The van der Waals surface area contributed by atoms with Crippen molar-refractivity contribution in [3.05, 3.63) is 144 Å². The Hall–Kier alpha value is -3.32. The largest absolute Gasteiger partial charge is 0.370 e. The molecule has 2 unspecified atom stereocenters. The van der Waals surface area contributed by atoms with Gasteiger partial charge in [0, 0.05) is 6.42 Å². The van der Waals surface area contributed by atoms with Gasteiger partial charge in [-0.2, -0.15) is 0 Å². The molecule has 206 valence electrons. The maximum atomic E-state index is 6.70. The molecular formula is C35H36O5. The Bertz CT molecular complexity index is 1300. The van der Waals surface area contributed by atoms with Crippen molar-refractivity contribution in [3.8, 4) is 0 Å². The van der Waals surface area contributed by atoms with E-state index in [0.29, 0.717) is 33.0 Å². The predicted octanol–water partition coefficient (Wildman–Crippen LogP) is 6.50. The topological polar surface area (TPSA) is 46.2 Å². The van der Waals surface area contributed by atoms with Crippen LogP contribution in [0.4, 0.5) is 0 Å². The molecule has 0 bridgehead atoms. The molecule has 2 aliphatic rings. The van der Waals surface area contributed by atoms with Crippen molar-refractivity contribution < 1.29 is 23.7 Å². The molecule has 1 spiro atoms. The summed E-state index contributed by atoms with van der Waals surface area (Å²) < 4.78 is 32.8. The van der Waals surface area contributed by atoms with Crippen LogP contribution in [0.25, 0.3) is 0 Å². The fourth-order valence-electron chi connectivity index (χ4n) is 5.42. The molecule has 6 rings (SSSR count). The second-order valence-electron chi connectivity index (χ2n) is 10.6. The zero-order valence-electron chi connectivity index (χ0n) is 22.6. The maximum absolute atomic E-state index is 6.70. The molecule has 4 aromatic rings. The van der Waals surface area contributed by atoms with Crippen LogP contribution in [0.1, 0.15) is 28.7 Å². The van der Waals surface area contributed by atoms with Crippen molar-refractivity contribution in [1.82, 2.24) is 0 Å². The molecular weight excluding hydrogens is 500 g/mol. The third kappa shape index (κ3) is 6.52. The lowest BCUT2D eigenvalue weighted by Crippen LogP contribution is -2.58. The summed E-state index contributed by atoms with van der Waals surface area (Å²) in [5, 5.41) is 0. The smallest absolute Gasteiger partial charge is 0.126 e. The Morgan fingerprint density at radius 3 is 1.45 bits per heavy atom. The molecule has 1 saturated carbocycles. The Kier molecular flexibility index (Phi) is 8.67. The SMILES string of the molecule is c1ccc(COC2CC23OC[C@@H](OCc2ccccc2)[C@@H](OCc2ccccc2)[C@@H]3OCc2ccccc2)cc1. The van der Waals surface area contributed by atoms with Crippen LogP contribution in [0.5, 0.6) is 0 Å². The molecule has 1 heterocycles. The molecule has 0 radical (unpaired) electrons. The van der Waals surface area contributed by atoms with Gasteiger partial charge in [-0.25, -0.2) is 0 Å². The number of hydrogen-bond acceptors (Lipinski definition) is 5. The van der Waals surface area contributed by atoms with E-state index in [9.17, 15) is 0 Å². The third-order valence-electron chi connectivity index (χ3n) is 7.71. The second kappa shape index (κ2) is 12.9. The normalized spacial score (nSPS) is 25.6. The number of rotatable bonds is 12. The van der Waals surface area contributed by atoms with E-state index in [0.717, 1.165) is 28.7 Å². The summed E-state index contributed by atoms with van der Waals surface area (Å²) >= 11 is 0. The van der Waals surface area contributed by atoms with Crippen LogP contribution in [-0.4, -0.2) is 36.6 Å². The van der Waals surface area contributed by atoms with Gasteiger partial charge in [-0.15, -0.1) is 0 Å². The highest BCUT2D eigenvalue weighted by Gasteiger charge is 2.68. The summed E-state index contributed by atoms with van der Waals surface area (Å²) in [6.45, 7) is 2.35. The second-order valence-corrected chi connectivity index (χ2v) is 10.6. The highest BCUT2D eigenvalue weighted by atomic mass is 16.6. The summed E-state index contributed by atoms with van der Waals surface area (Å²) in [7, 11) is 0. The van der Waals surface area contributed by atoms with Crippen LogP contribution in [0.15, 0.2) is 121 Å². The molecule has 1 saturated heterocycles. The number of hydrogen-bond donors (Lipinski definition) is 0. The van der Waals surface area contributed by atoms with Crippen LogP contribution < -0.4 is 0 Å². The standard InChI is InChI=1S/C35H36O5/c1-5-13-27(14-6-1)22-36-31-26-40-35(21-32(35)37-23-28-15-7-2-8-16-28)34(39-25-30-19-11-4-12-20-30)33(31)38-24-29-17-9-3-10-18-29/h1-20,31-34H,21-26H2/t31-,32?,33-,34+,35?/m1/s1. The van der Waals surface area contributed by atoms with Gasteiger partial charge in [0.1, 0.15) is 23.9 Å². The molecule has 1 aliphatic carbocycles. The van der Waals surface area contributed by atoms with Gasteiger partial charge in [-0.05, 0) is 22.3 Å². The molecule has 4 aromatic carbocycles. The highest BCUT2D eigenvalue weighted by molar-refractivity contribution is 5.21. The van der Waals surface area contributed by atoms with E-state index in [-0.39, 0.29) is 24.4 Å². The van der Waals surface area contributed by atoms with E-state index in [1.54, 1.807) is 0 Å². The number of benzene rings is 4. The Morgan fingerprint density at radius 1 is 0.525 bits per heavy atom. The molecule has 5 nitrogen and oxygen atoms in total. The first-order valence-corrected chi connectivity index (χ1v) is 14.1. The molecule has 5 heteroatoms. The van der Waals surface area contributed by atoms with E-state index in [2.05, 4.69) is 48.5 Å². The quantitative estimate of drug-likeness (QED) is 0.207. The lowest BCUT2D eigenvalue weighted by Gasteiger charge is -2.43. The Morgan fingerprint density at radius 2 is 0.950 bits per heavy atom. The first-order chi connectivity index (χ1) is 19.8. The lowest BCUT2D eigenvalue weighted by molar-refractivity contribution is -0.255. The van der Waals surface area contributed by atoms with E-state index >= 15 is 0 Å². The highest BCUT2D eigenvalue weighted by Crippen LogP contribution is 2.52. The summed E-state index contributed by atoms with van der Waals surface area (Å²) in [5.41, 5.74) is 3.90. The van der Waals surface area contributed by atoms with E-state index < -0.39 is 5.60 Å². The van der Waals surface area contributed by atoms with Gasteiger partial charge in [0.25, 0.3) is 0 Å². The first kappa shape index (κ1) is 26.9. The maximum Gasteiger partial charge on any atom is 0.126 e. The summed E-state index contributed by atoms with van der Waals surface area (Å²) in [4.78, 5) is 0. The van der Waals surface area contributed by atoms with Crippen molar-refractivity contribution in [3.63, 3.8) is 0 Å². The van der Waals surface area contributed by atoms with Crippen LogP contribution in [0.3, 0.4) is 0 Å². The van der Waals surface area contributed by atoms with Gasteiger partial charge in [-0.1, -0.05) is 121 Å². The molecule has 0 N–H and O–H groups in total. The van der Waals surface area contributed by atoms with Crippen molar-refractivity contribution in [2.45, 2.75) is 62.9 Å². The number of ether oxygens (including phenoxy) is 5. The van der Waals surface area contributed by atoms with Crippen molar-refractivity contribution in [2.24, 2.45) is 0 Å². The molecule has 0 aromatic heterocycles. The minimum Gasteiger partial charge on any atom is -0.370 e.